The van der Waals surface area contributed by atoms with Crippen molar-refractivity contribution in [1.29, 1.82) is 5.26 Å². The molecule has 0 saturated heterocycles. The van der Waals surface area contributed by atoms with Crippen molar-refractivity contribution in [3.05, 3.63) is 125 Å². The average Bonchev–Trinajstić information content (AvgIpc) is 3.27. The molecule has 1 heterocycles. The Balaban J connectivity index is 1.25. The summed E-state index contributed by atoms with van der Waals surface area (Å²) in [4.78, 5) is 93.3. The summed E-state index contributed by atoms with van der Waals surface area (Å²) in [6.45, 7) is 6.56. The number of carboxylic acids is 1. The van der Waals surface area contributed by atoms with Gasteiger partial charge in [0.25, 0.3) is 23.6 Å². The second-order valence-corrected chi connectivity index (χ2v) is 14.9. The van der Waals surface area contributed by atoms with E-state index in [9.17, 15) is 48.9 Å². The van der Waals surface area contributed by atoms with E-state index in [2.05, 4.69) is 31.6 Å². The van der Waals surface area contributed by atoms with E-state index >= 15 is 0 Å². The summed E-state index contributed by atoms with van der Waals surface area (Å²) in [6.07, 6.45) is -0.199. The Kier molecular flexibility index (Phi) is 15.6. The molecule has 5 aromatic rings. The van der Waals surface area contributed by atoms with Crippen LogP contribution < -0.4 is 41.8 Å². The standard InChI is InChI=1S/C46H44N8O12/c1-23(2)65-39-32(17-14-30(37(39)56)43(60)53-33-18-15-31(46(63)64)38(57)40(33)66-24(3)4)52-41(58)26-6-12-29(13-7-26)51-45(62)35(19-20-36(48)55)54-42(59)27-8-10-28(11-9-27)50-44(61)34-16-5-25(21-47)22-49-34/h5-18,22-24,35,56-57H,19-20H2,1-4H3,(H2,48,55)(H,50,61)(H,51,62)(H,52,58)(H,53,60)(H,54,59)(H,63,64)/t35-/m0/s1. The van der Waals surface area contributed by atoms with E-state index in [0.717, 1.165) is 6.07 Å². The van der Waals surface area contributed by atoms with E-state index in [1.165, 1.54) is 85.1 Å². The zero-order valence-corrected chi connectivity index (χ0v) is 35.8. The molecule has 340 valence electrons. The molecule has 0 saturated carbocycles. The summed E-state index contributed by atoms with van der Waals surface area (Å²) in [7, 11) is 0. The molecular weight excluding hydrogens is 857 g/mol. The summed E-state index contributed by atoms with van der Waals surface area (Å²) in [5.74, 6) is -7.52. The summed E-state index contributed by atoms with van der Waals surface area (Å²) >= 11 is 0. The van der Waals surface area contributed by atoms with Gasteiger partial charge in [-0.1, -0.05) is 0 Å². The lowest BCUT2D eigenvalue weighted by Gasteiger charge is -2.20. The Labute approximate surface area is 376 Å². The molecule has 0 aliphatic heterocycles. The molecule has 6 amide bonds. The van der Waals surface area contributed by atoms with Gasteiger partial charge in [0.1, 0.15) is 23.4 Å². The molecule has 0 bridgehead atoms. The van der Waals surface area contributed by atoms with Gasteiger partial charge in [-0.3, -0.25) is 28.8 Å². The number of rotatable bonds is 18. The Hall–Kier alpha value is -8.99. The molecule has 0 spiro atoms. The number of carboxylic acid groups (broad SMARTS) is 1. The van der Waals surface area contributed by atoms with Crippen molar-refractivity contribution >= 4 is 64.2 Å². The van der Waals surface area contributed by atoms with Crippen LogP contribution >= 0.6 is 0 Å². The fraction of sp³-hybridized carbons (Fsp3) is 0.196. The van der Waals surface area contributed by atoms with Crippen molar-refractivity contribution in [1.82, 2.24) is 10.3 Å². The molecule has 1 atom stereocenters. The van der Waals surface area contributed by atoms with Gasteiger partial charge >= 0.3 is 5.97 Å². The molecule has 1 aromatic heterocycles. The quantitative estimate of drug-likeness (QED) is 0.0532. The fourth-order valence-electron chi connectivity index (χ4n) is 6.01. The third-order valence-electron chi connectivity index (χ3n) is 9.19. The molecule has 20 heteroatoms. The minimum Gasteiger partial charge on any atom is -0.504 e. The fourth-order valence-corrected chi connectivity index (χ4v) is 6.01. The van der Waals surface area contributed by atoms with Gasteiger partial charge in [-0.05, 0) is 119 Å². The van der Waals surface area contributed by atoms with Crippen LogP contribution in [0.25, 0.3) is 0 Å². The average molecular weight is 901 g/mol. The van der Waals surface area contributed by atoms with Crippen LogP contribution in [0.5, 0.6) is 23.0 Å². The number of aromatic nitrogens is 1. The Morgan fingerprint density at radius 3 is 1.67 bits per heavy atom. The van der Waals surface area contributed by atoms with Gasteiger partial charge in [-0.15, -0.1) is 0 Å². The van der Waals surface area contributed by atoms with Crippen molar-refractivity contribution in [2.24, 2.45) is 5.73 Å². The maximum Gasteiger partial charge on any atom is 0.339 e. The smallest absolute Gasteiger partial charge is 0.339 e. The van der Waals surface area contributed by atoms with Gasteiger partial charge in [-0.2, -0.15) is 5.26 Å². The number of nitrogens with one attached hydrogen (secondary N) is 5. The number of nitrogens with two attached hydrogens (primary N) is 1. The predicted octanol–water partition coefficient (Wildman–Crippen LogP) is 5.40. The lowest BCUT2D eigenvalue weighted by molar-refractivity contribution is -0.119. The minimum absolute atomic E-state index is 0.0137. The van der Waals surface area contributed by atoms with Crippen LogP contribution in [0.2, 0.25) is 0 Å². The Morgan fingerprint density at radius 2 is 1.17 bits per heavy atom. The van der Waals surface area contributed by atoms with Crippen LogP contribution in [0.4, 0.5) is 22.7 Å². The van der Waals surface area contributed by atoms with Crippen LogP contribution in [0, 0.1) is 11.3 Å². The number of hydrogen-bond donors (Lipinski definition) is 9. The summed E-state index contributed by atoms with van der Waals surface area (Å²) in [6, 6.07) is 19.7. The van der Waals surface area contributed by atoms with Gasteiger partial charge in [0.2, 0.25) is 11.8 Å². The van der Waals surface area contributed by atoms with Crippen LogP contribution in [-0.2, 0) is 9.59 Å². The number of nitriles is 1. The van der Waals surface area contributed by atoms with Crippen LogP contribution in [-0.4, -0.2) is 80.0 Å². The van der Waals surface area contributed by atoms with E-state index in [-0.39, 0.29) is 69.4 Å². The van der Waals surface area contributed by atoms with Gasteiger partial charge in [0.05, 0.1) is 34.7 Å². The summed E-state index contributed by atoms with van der Waals surface area (Å²) < 4.78 is 11.4. The largest absolute Gasteiger partial charge is 0.504 e. The number of anilines is 4. The highest BCUT2D eigenvalue weighted by atomic mass is 16.5. The van der Waals surface area contributed by atoms with Gasteiger partial charge < -0.3 is 57.1 Å². The number of carbonyl (C=O) groups excluding carboxylic acids is 6. The van der Waals surface area contributed by atoms with Crippen LogP contribution in [0.3, 0.4) is 0 Å². The number of nitrogens with zero attached hydrogens (tertiary/aromatic N) is 2. The molecule has 5 rings (SSSR count). The molecule has 4 aromatic carbocycles. The van der Waals surface area contributed by atoms with E-state index in [0.29, 0.717) is 5.69 Å². The lowest BCUT2D eigenvalue weighted by atomic mass is 10.1. The molecular formula is C46H44N8O12. The minimum atomic E-state index is -1.43. The number of primary amides is 1. The van der Waals surface area contributed by atoms with E-state index in [1.54, 1.807) is 27.7 Å². The zero-order valence-electron chi connectivity index (χ0n) is 35.8. The monoisotopic (exact) mass is 900 g/mol. The predicted molar refractivity (Wildman–Crippen MR) is 239 cm³/mol. The maximum atomic E-state index is 13.5. The second kappa shape index (κ2) is 21.4. The zero-order chi connectivity index (χ0) is 48.2. The number of phenolic OH excluding ortho intramolecular Hbond substituents is 1. The number of ether oxygens (including phenoxy) is 2. The molecule has 0 aliphatic rings. The second-order valence-electron chi connectivity index (χ2n) is 14.9. The van der Waals surface area contributed by atoms with Crippen molar-refractivity contribution in [3.8, 4) is 29.1 Å². The first-order valence-corrected chi connectivity index (χ1v) is 20.0. The number of phenols is 2. The highest BCUT2D eigenvalue weighted by Gasteiger charge is 2.26. The van der Waals surface area contributed by atoms with E-state index in [1.807, 2.05) is 6.07 Å². The van der Waals surface area contributed by atoms with Crippen LogP contribution in [0.1, 0.15) is 98.0 Å². The summed E-state index contributed by atoms with van der Waals surface area (Å²) in [5.41, 5.74) is 5.60. The number of pyridine rings is 1. The lowest BCUT2D eigenvalue weighted by Crippen LogP contribution is -2.44. The molecule has 0 fully saturated rings. The normalized spacial score (nSPS) is 11.1. The van der Waals surface area contributed by atoms with Gasteiger partial charge in [0.15, 0.2) is 23.0 Å². The first-order valence-electron chi connectivity index (χ1n) is 20.0. The van der Waals surface area contributed by atoms with Crippen molar-refractivity contribution in [2.45, 2.75) is 58.8 Å². The molecule has 66 heavy (non-hydrogen) atoms. The van der Waals surface area contributed by atoms with Crippen molar-refractivity contribution < 1.29 is 58.4 Å². The Morgan fingerprint density at radius 1 is 0.652 bits per heavy atom. The number of aromatic carboxylic acids is 1. The first-order chi connectivity index (χ1) is 31.3. The number of benzene rings is 4. The number of hydrogen-bond acceptors (Lipinski definition) is 13. The van der Waals surface area contributed by atoms with Crippen LogP contribution in [0.15, 0.2) is 91.1 Å². The van der Waals surface area contributed by atoms with Gasteiger partial charge in [0, 0.05) is 35.1 Å². The Bertz CT molecular complexity index is 2710. The SMILES string of the molecule is CC(C)Oc1c(NC(=O)c2ccc(NC(=O)c3ccc(NC(=O)[C@H](CCC(N)=O)NC(=O)c4ccc(NC(=O)c5ccc(C#N)cn5)cc4)cc3)c(OC(C)C)c2O)ccc(C(=O)O)c1O. The topological polar surface area (TPSA) is 321 Å². The van der Waals surface area contributed by atoms with E-state index in [4.69, 9.17) is 20.5 Å². The summed E-state index contributed by atoms with van der Waals surface area (Å²) in [5, 5.41) is 53.2. The molecule has 0 radical (unpaired) electrons. The number of aromatic hydroxyl groups is 2. The molecule has 0 aliphatic carbocycles. The highest BCUT2D eigenvalue weighted by molar-refractivity contribution is 6.10. The van der Waals surface area contributed by atoms with Crippen molar-refractivity contribution in [3.63, 3.8) is 0 Å². The highest BCUT2D eigenvalue weighted by Crippen LogP contribution is 2.41. The first kappa shape index (κ1) is 48.0. The number of amides is 6. The van der Waals surface area contributed by atoms with Crippen molar-refractivity contribution in [2.75, 3.05) is 21.3 Å². The van der Waals surface area contributed by atoms with E-state index < -0.39 is 76.7 Å². The molecule has 0 unspecified atom stereocenters. The third-order valence-corrected chi connectivity index (χ3v) is 9.19. The van der Waals surface area contributed by atoms with Gasteiger partial charge in [-0.25, -0.2) is 9.78 Å². The molecule has 20 nitrogen and oxygen atoms in total. The molecule has 10 N–H and O–H groups in total. The third kappa shape index (κ3) is 12.3. The maximum absolute atomic E-state index is 13.5. The number of carbonyl (C=O) groups is 7.